The topological polar surface area (TPSA) is 62.7 Å². The van der Waals surface area contributed by atoms with E-state index in [-0.39, 0.29) is 24.2 Å². The van der Waals surface area contributed by atoms with E-state index in [9.17, 15) is 9.59 Å². The molecule has 7 heteroatoms. The average Bonchev–Trinajstić information content (AvgIpc) is 3.19. The molecule has 3 rings (SSSR count). The number of nitrogens with zero attached hydrogens (tertiary/aromatic N) is 3. The summed E-state index contributed by atoms with van der Waals surface area (Å²) in [6.45, 7) is 2.27. The first-order valence-corrected chi connectivity index (χ1v) is 8.51. The number of aryl methyl sites for hydroxylation is 1. The lowest BCUT2D eigenvalue weighted by Gasteiger charge is -2.20. The molecular formula is C17H19N3O3S. The summed E-state index contributed by atoms with van der Waals surface area (Å²) in [4.78, 5) is 32.6. The highest BCUT2D eigenvalue weighted by Crippen LogP contribution is 2.30. The van der Waals surface area contributed by atoms with Crippen LogP contribution in [0.4, 0.5) is 10.8 Å². The fourth-order valence-corrected chi connectivity index (χ4v) is 3.54. The third kappa shape index (κ3) is 3.12. The summed E-state index contributed by atoms with van der Waals surface area (Å²) in [5, 5.41) is 2.56. The van der Waals surface area contributed by atoms with Gasteiger partial charge >= 0.3 is 0 Å². The molecule has 24 heavy (non-hydrogen) atoms. The number of rotatable bonds is 4. The molecule has 6 nitrogen and oxygen atoms in total. The summed E-state index contributed by atoms with van der Waals surface area (Å²) < 4.78 is 5.20. The van der Waals surface area contributed by atoms with E-state index in [1.54, 1.807) is 30.0 Å². The van der Waals surface area contributed by atoms with E-state index in [2.05, 4.69) is 4.98 Å². The third-order valence-electron chi connectivity index (χ3n) is 4.06. The molecule has 1 aromatic carbocycles. The Morgan fingerprint density at radius 3 is 2.92 bits per heavy atom. The van der Waals surface area contributed by atoms with Gasteiger partial charge in [-0.15, -0.1) is 11.3 Å². The van der Waals surface area contributed by atoms with Crippen LogP contribution in [0.3, 0.4) is 0 Å². The fraction of sp³-hybridized carbons (Fsp3) is 0.353. The maximum Gasteiger partial charge on any atom is 0.233 e. The molecule has 2 amide bonds. The number of benzene rings is 1. The molecular weight excluding hydrogens is 326 g/mol. The van der Waals surface area contributed by atoms with Gasteiger partial charge in [-0.3, -0.25) is 14.5 Å². The van der Waals surface area contributed by atoms with Gasteiger partial charge in [0.15, 0.2) is 5.13 Å². The largest absolute Gasteiger partial charge is 0.497 e. The third-order valence-corrected chi connectivity index (χ3v) is 5.10. The molecule has 1 fully saturated rings. The van der Waals surface area contributed by atoms with Gasteiger partial charge in [-0.25, -0.2) is 4.98 Å². The number of amides is 2. The van der Waals surface area contributed by atoms with Crippen LogP contribution in [-0.2, 0) is 9.59 Å². The van der Waals surface area contributed by atoms with E-state index < -0.39 is 0 Å². The van der Waals surface area contributed by atoms with Gasteiger partial charge in [0, 0.05) is 37.1 Å². The van der Waals surface area contributed by atoms with Gasteiger partial charge in [0.1, 0.15) is 5.75 Å². The summed E-state index contributed by atoms with van der Waals surface area (Å²) in [7, 11) is 3.29. The van der Waals surface area contributed by atoms with Crippen molar-refractivity contribution in [2.24, 2.45) is 5.92 Å². The van der Waals surface area contributed by atoms with E-state index in [1.165, 1.54) is 11.3 Å². The van der Waals surface area contributed by atoms with Crippen LogP contribution in [0.5, 0.6) is 5.75 Å². The Labute approximate surface area is 144 Å². The van der Waals surface area contributed by atoms with Crippen molar-refractivity contribution in [3.8, 4) is 5.75 Å². The molecule has 1 aromatic heterocycles. The second kappa shape index (κ2) is 6.60. The van der Waals surface area contributed by atoms with Gasteiger partial charge in [-0.05, 0) is 19.1 Å². The number of ether oxygens (including phenoxy) is 1. The minimum Gasteiger partial charge on any atom is -0.497 e. The maximum absolute atomic E-state index is 12.7. The van der Waals surface area contributed by atoms with E-state index in [0.717, 1.165) is 11.4 Å². The quantitative estimate of drug-likeness (QED) is 0.854. The molecule has 0 bridgehead atoms. The molecule has 1 aliphatic heterocycles. The van der Waals surface area contributed by atoms with Gasteiger partial charge in [0.05, 0.1) is 18.7 Å². The molecule has 1 atom stereocenters. The Morgan fingerprint density at radius 1 is 1.46 bits per heavy atom. The second-order valence-corrected chi connectivity index (χ2v) is 6.61. The Morgan fingerprint density at radius 2 is 2.25 bits per heavy atom. The van der Waals surface area contributed by atoms with Crippen LogP contribution in [0, 0.1) is 12.8 Å². The molecule has 2 heterocycles. The fourth-order valence-electron chi connectivity index (χ4n) is 2.76. The van der Waals surface area contributed by atoms with Crippen LogP contribution in [0.2, 0.25) is 0 Å². The zero-order valence-electron chi connectivity index (χ0n) is 13.9. The number of aromatic nitrogens is 1. The van der Waals surface area contributed by atoms with Crippen LogP contribution in [0.15, 0.2) is 29.6 Å². The number of hydrogen-bond acceptors (Lipinski definition) is 5. The maximum atomic E-state index is 12.7. The molecule has 0 aliphatic carbocycles. The standard InChI is InChI=1S/C17H19N3O3S/c1-11-10-24-17(18-11)19(2)16(22)12-7-15(21)20(9-12)13-5-4-6-14(8-13)23-3/h4-6,8,10,12H,7,9H2,1-3H3. The van der Waals surface area contributed by atoms with Crippen molar-refractivity contribution in [1.29, 1.82) is 0 Å². The second-order valence-electron chi connectivity index (χ2n) is 5.78. The van der Waals surface area contributed by atoms with Crippen LogP contribution < -0.4 is 14.5 Å². The summed E-state index contributed by atoms with van der Waals surface area (Å²) in [5.41, 5.74) is 1.64. The Kier molecular flexibility index (Phi) is 4.53. The van der Waals surface area contributed by atoms with Crippen molar-refractivity contribution in [2.45, 2.75) is 13.3 Å². The van der Waals surface area contributed by atoms with Crippen LogP contribution >= 0.6 is 11.3 Å². The first-order valence-electron chi connectivity index (χ1n) is 7.63. The number of carbonyl (C=O) groups excluding carboxylic acids is 2. The van der Waals surface area contributed by atoms with Crippen LogP contribution in [0.25, 0.3) is 0 Å². The monoisotopic (exact) mass is 345 g/mol. The van der Waals surface area contributed by atoms with Gasteiger partial charge in [-0.2, -0.15) is 0 Å². The van der Waals surface area contributed by atoms with E-state index in [4.69, 9.17) is 4.74 Å². The lowest BCUT2D eigenvalue weighted by molar-refractivity contribution is -0.124. The summed E-state index contributed by atoms with van der Waals surface area (Å²) in [6, 6.07) is 7.31. The van der Waals surface area contributed by atoms with Gasteiger partial charge in [0.2, 0.25) is 11.8 Å². The molecule has 126 valence electrons. The lowest BCUT2D eigenvalue weighted by Crippen LogP contribution is -2.34. The van der Waals surface area contributed by atoms with Crippen LogP contribution in [0.1, 0.15) is 12.1 Å². The molecule has 0 saturated carbocycles. The summed E-state index contributed by atoms with van der Waals surface area (Å²) in [5.74, 6) is 0.191. The van der Waals surface area contributed by atoms with Crippen molar-refractivity contribution < 1.29 is 14.3 Å². The zero-order valence-corrected chi connectivity index (χ0v) is 14.7. The Bertz CT molecular complexity index is 774. The SMILES string of the molecule is COc1cccc(N2CC(C(=O)N(C)c3nc(C)cs3)CC2=O)c1. The van der Waals surface area contributed by atoms with Crippen molar-refractivity contribution in [3.05, 3.63) is 35.3 Å². The zero-order chi connectivity index (χ0) is 17.3. The highest BCUT2D eigenvalue weighted by molar-refractivity contribution is 7.14. The van der Waals surface area contributed by atoms with Crippen LogP contribution in [-0.4, -0.2) is 37.5 Å². The van der Waals surface area contributed by atoms with Crippen molar-refractivity contribution in [3.63, 3.8) is 0 Å². The molecule has 1 aliphatic rings. The summed E-state index contributed by atoms with van der Waals surface area (Å²) in [6.07, 6.45) is 0.213. The Balaban J connectivity index is 1.75. The van der Waals surface area contributed by atoms with Gasteiger partial charge in [-0.1, -0.05) is 6.07 Å². The van der Waals surface area contributed by atoms with E-state index in [1.807, 2.05) is 30.5 Å². The highest BCUT2D eigenvalue weighted by Gasteiger charge is 2.37. The predicted octanol–water partition coefficient (Wildman–Crippen LogP) is 2.48. The minimum absolute atomic E-state index is 0.0506. The number of carbonyl (C=O) groups is 2. The van der Waals surface area contributed by atoms with Gasteiger partial charge in [0.25, 0.3) is 0 Å². The first kappa shape index (κ1) is 16.4. The number of hydrogen-bond donors (Lipinski definition) is 0. The number of thiazole rings is 1. The summed E-state index contributed by atoms with van der Waals surface area (Å²) >= 11 is 1.43. The minimum atomic E-state index is -0.363. The molecule has 1 unspecified atom stereocenters. The van der Waals surface area contributed by atoms with Crippen molar-refractivity contribution in [2.75, 3.05) is 30.5 Å². The van der Waals surface area contributed by atoms with Gasteiger partial charge < -0.3 is 9.64 Å². The molecule has 0 radical (unpaired) electrons. The van der Waals surface area contributed by atoms with E-state index >= 15 is 0 Å². The smallest absolute Gasteiger partial charge is 0.233 e. The molecule has 2 aromatic rings. The Hall–Kier alpha value is -2.41. The van der Waals surface area contributed by atoms with E-state index in [0.29, 0.717) is 17.4 Å². The highest BCUT2D eigenvalue weighted by atomic mass is 32.1. The molecule has 0 spiro atoms. The molecule has 1 saturated heterocycles. The lowest BCUT2D eigenvalue weighted by atomic mass is 10.1. The normalized spacial score (nSPS) is 17.2. The first-order chi connectivity index (χ1) is 11.5. The van der Waals surface area contributed by atoms with Crippen molar-refractivity contribution >= 4 is 34.0 Å². The predicted molar refractivity (Wildman–Crippen MR) is 93.7 cm³/mol. The number of methoxy groups -OCH3 is 1. The molecule has 0 N–H and O–H groups in total. The van der Waals surface area contributed by atoms with Crippen molar-refractivity contribution in [1.82, 2.24) is 4.98 Å². The average molecular weight is 345 g/mol. The number of anilines is 2.